The lowest BCUT2D eigenvalue weighted by atomic mass is 10.1. The van der Waals surface area contributed by atoms with E-state index < -0.39 is 6.04 Å². The molecule has 1 atom stereocenters. The number of benzene rings is 1. The Kier molecular flexibility index (Phi) is 7.38. The van der Waals surface area contributed by atoms with Gasteiger partial charge in [0.2, 0.25) is 11.8 Å². The highest BCUT2D eigenvalue weighted by atomic mass is 16.2. The number of nitrogens with zero attached hydrogens (tertiary/aromatic N) is 1. The largest absolute Gasteiger partial charge is 0.344 e. The van der Waals surface area contributed by atoms with Gasteiger partial charge in [0, 0.05) is 12.5 Å². The first-order valence-electron chi connectivity index (χ1n) is 9.20. The standard InChI is InChI=1S/C20H28N4O2/c1-4-8-16(21-19(25)12-11-14(2)3)20(26)22-18-13-17(23-24-18)15-9-6-5-7-10-15/h5-7,9-10,13-14,16H,4,8,11-12H2,1-3H3,(H,21,25)(H2,22,23,24,26). The summed E-state index contributed by atoms with van der Waals surface area (Å²) in [6, 6.07) is 11.0. The van der Waals surface area contributed by atoms with Crippen molar-refractivity contribution in [2.75, 3.05) is 5.32 Å². The molecule has 3 N–H and O–H groups in total. The zero-order valence-corrected chi connectivity index (χ0v) is 15.7. The van der Waals surface area contributed by atoms with Crippen LogP contribution in [0.1, 0.15) is 46.5 Å². The number of hydrogen-bond acceptors (Lipinski definition) is 3. The molecule has 0 bridgehead atoms. The van der Waals surface area contributed by atoms with Crippen LogP contribution in [0.15, 0.2) is 36.4 Å². The van der Waals surface area contributed by atoms with Crippen LogP contribution in [0.2, 0.25) is 0 Å². The van der Waals surface area contributed by atoms with Crippen molar-refractivity contribution in [1.29, 1.82) is 0 Å². The van der Waals surface area contributed by atoms with Crippen molar-refractivity contribution in [1.82, 2.24) is 15.5 Å². The second-order valence-corrected chi connectivity index (χ2v) is 6.86. The van der Waals surface area contributed by atoms with Gasteiger partial charge in [0.1, 0.15) is 6.04 Å². The fourth-order valence-electron chi connectivity index (χ4n) is 2.61. The summed E-state index contributed by atoms with van der Waals surface area (Å²) >= 11 is 0. The molecule has 0 saturated heterocycles. The van der Waals surface area contributed by atoms with Crippen molar-refractivity contribution in [2.24, 2.45) is 5.92 Å². The quantitative estimate of drug-likeness (QED) is 0.640. The van der Waals surface area contributed by atoms with Crippen molar-refractivity contribution in [3.63, 3.8) is 0 Å². The van der Waals surface area contributed by atoms with Gasteiger partial charge >= 0.3 is 0 Å². The molecule has 0 aliphatic carbocycles. The lowest BCUT2D eigenvalue weighted by Crippen LogP contribution is -2.43. The molecule has 6 nitrogen and oxygen atoms in total. The van der Waals surface area contributed by atoms with Crippen LogP contribution in [0.25, 0.3) is 11.3 Å². The Bertz CT molecular complexity index is 710. The van der Waals surface area contributed by atoms with E-state index in [9.17, 15) is 9.59 Å². The molecule has 0 spiro atoms. The number of carbonyl (C=O) groups excluding carboxylic acids is 2. The van der Waals surface area contributed by atoms with Crippen LogP contribution in [-0.2, 0) is 9.59 Å². The van der Waals surface area contributed by atoms with E-state index in [-0.39, 0.29) is 11.8 Å². The molecule has 2 amide bonds. The predicted octanol–water partition coefficient (Wildman–Crippen LogP) is 3.74. The summed E-state index contributed by atoms with van der Waals surface area (Å²) in [4.78, 5) is 24.6. The lowest BCUT2D eigenvalue weighted by molar-refractivity contribution is -0.126. The normalized spacial score (nSPS) is 12.0. The highest BCUT2D eigenvalue weighted by Crippen LogP contribution is 2.19. The van der Waals surface area contributed by atoms with Crippen LogP contribution in [0.5, 0.6) is 0 Å². The molecule has 26 heavy (non-hydrogen) atoms. The summed E-state index contributed by atoms with van der Waals surface area (Å²) in [5.74, 6) is 0.584. The molecule has 0 radical (unpaired) electrons. The van der Waals surface area contributed by atoms with E-state index in [0.29, 0.717) is 24.6 Å². The molecule has 0 aliphatic heterocycles. The van der Waals surface area contributed by atoms with Crippen molar-refractivity contribution < 1.29 is 9.59 Å². The first kappa shape index (κ1) is 19.7. The van der Waals surface area contributed by atoms with Crippen molar-refractivity contribution >= 4 is 17.6 Å². The Labute approximate surface area is 154 Å². The monoisotopic (exact) mass is 356 g/mol. The van der Waals surface area contributed by atoms with Gasteiger partial charge in [0.15, 0.2) is 5.82 Å². The van der Waals surface area contributed by atoms with Gasteiger partial charge in [0.05, 0.1) is 5.69 Å². The summed E-state index contributed by atoms with van der Waals surface area (Å²) in [5, 5.41) is 12.7. The Hall–Kier alpha value is -2.63. The van der Waals surface area contributed by atoms with Crippen LogP contribution in [0, 0.1) is 5.92 Å². The maximum atomic E-state index is 12.5. The van der Waals surface area contributed by atoms with Gasteiger partial charge in [-0.3, -0.25) is 14.7 Å². The minimum Gasteiger partial charge on any atom is -0.344 e. The van der Waals surface area contributed by atoms with E-state index in [1.807, 2.05) is 37.3 Å². The molecule has 6 heteroatoms. The topological polar surface area (TPSA) is 86.9 Å². The van der Waals surface area contributed by atoms with Crippen LogP contribution in [0.4, 0.5) is 5.82 Å². The number of hydrogen-bond donors (Lipinski definition) is 3. The van der Waals surface area contributed by atoms with Gasteiger partial charge in [-0.1, -0.05) is 57.5 Å². The number of amides is 2. The third-order valence-electron chi connectivity index (χ3n) is 4.09. The first-order chi connectivity index (χ1) is 12.5. The number of nitrogens with one attached hydrogen (secondary N) is 3. The van der Waals surface area contributed by atoms with Gasteiger partial charge in [-0.2, -0.15) is 5.10 Å². The van der Waals surface area contributed by atoms with Crippen molar-refractivity contribution in [2.45, 2.75) is 52.5 Å². The molecule has 2 rings (SSSR count). The third kappa shape index (κ3) is 6.02. The molecular formula is C20H28N4O2. The summed E-state index contributed by atoms with van der Waals surface area (Å²) < 4.78 is 0. The SMILES string of the molecule is CCCC(NC(=O)CCC(C)C)C(=O)Nc1cc(-c2ccccc2)[nH]n1. The fourth-order valence-corrected chi connectivity index (χ4v) is 2.61. The molecule has 0 fully saturated rings. The van der Waals surface area contributed by atoms with Crippen molar-refractivity contribution in [3.8, 4) is 11.3 Å². The van der Waals surface area contributed by atoms with Crippen LogP contribution < -0.4 is 10.6 Å². The summed E-state index contributed by atoms with van der Waals surface area (Å²) in [5.41, 5.74) is 1.82. The van der Waals surface area contributed by atoms with E-state index in [1.165, 1.54) is 0 Å². The van der Waals surface area contributed by atoms with Gasteiger partial charge in [-0.15, -0.1) is 0 Å². The predicted molar refractivity (Wildman–Crippen MR) is 104 cm³/mol. The minimum atomic E-state index is -0.545. The summed E-state index contributed by atoms with van der Waals surface area (Å²) in [7, 11) is 0. The smallest absolute Gasteiger partial charge is 0.248 e. The van der Waals surface area contributed by atoms with Crippen LogP contribution in [-0.4, -0.2) is 28.1 Å². The molecule has 1 aromatic carbocycles. The number of H-pyrrole nitrogens is 1. The van der Waals surface area contributed by atoms with Crippen LogP contribution >= 0.6 is 0 Å². The zero-order valence-electron chi connectivity index (χ0n) is 15.7. The number of rotatable bonds is 9. The highest BCUT2D eigenvalue weighted by Gasteiger charge is 2.21. The molecule has 0 aliphatic rings. The molecule has 1 heterocycles. The van der Waals surface area contributed by atoms with E-state index in [4.69, 9.17) is 0 Å². The Morgan fingerprint density at radius 3 is 2.54 bits per heavy atom. The lowest BCUT2D eigenvalue weighted by Gasteiger charge is -2.17. The molecule has 1 aromatic heterocycles. The molecular weight excluding hydrogens is 328 g/mol. The highest BCUT2D eigenvalue weighted by molar-refractivity contribution is 5.96. The zero-order chi connectivity index (χ0) is 18.9. The Morgan fingerprint density at radius 2 is 1.88 bits per heavy atom. The van der Waals surface area contributed by atoms with Gasteiger partial charge < -0.3 is 10.6 Å². The van der Waals surface area contributed by atoms with E-state index in [2.05, 4.69) is 34.7 Å². The summed E-state index contributed by atoms with van der Waals surface area (Å²) in [6.45, 7) is 6.14. The summed E-state index contributed by atoms with van der Waals surface area (Å²) in [6.07, 6.45) is 2.64. The van der Waals surface area contributed by atoms with Gasteiger partial charge in [0.25, 0.3) is 0 Å². The number of aromatic nitrogens is 2. The molecule has 0 saturated carbocycles. The second-order valence-electron chi connectivity index (χ2n) is 6.86. The maximum Gasteiger partial charge on any atom is 0.248 e. The average Bonchev–Trinajstić information content (AvgIpc) is 3.09. The number of carbonyl (C=O) groups is 2. The third-order valence-corrected chi connectivity index (χ3v) is 4.09. The Balaban J connectivity index is 1.96. The van der Waals surface area contributed by atoms with E-state index in [1.54, 1.807) is 6.07 Å². The van der Waals surface area contributed by atoms with Crippen LogP contribution in [0.3, 0.4) is 0 Å². The first-order valence-corrected chi connectivity index (χ1v) is 9.20. The number of anilines is 1. The van der Waals surface area contributed by atoms with Crippen molar-refractivity contribution in [3.05, 3.63) is 36.4 Å². The molecule has 1 unspecified atom stereocenters. The second kappa shape index (κ2) is 9.75. The fraction of sp³-hybridized carbons (Fsp3) is 0.450. The minimum absolute atomic E-state index is 0.0840. The maximum absolute atomic E-state index is 12.5. The molecule has 2 aromatic rings. The average molecular weight is 356 g/mol. The van der Waals surface area contributed by atoms with E-state index in [0.717, 1.165) is 24.1 Å². The molecule has 140 valence electrons. The van der Waals surface area contributed by atoms with E-state index >= 15 is 0 Å². The Morgan fingerprint density at radius 1 is 1.15 bits per heavy atom. The number of aromatic amines is 1. The van der Waals surface area contributed by atoms with Gasteiger partial charge in [-0.05, 0) is 24.3 Å². The van der Waals surface area contributed by atoms with Gasteiger partial charge in [-0.25, -0.2) is 0 Å².